The fourth-order valence-electron chi connectivity index (χ4n) is 2.98. The molecule has 0 bridgehead atoms. The standard InChI is InChI=1S/C17H34N4O5/c1-2-15(22)18-5-3-4-6-19-7-9-20(13-16(23)24)11-12-21(10-8-19)14-17(25)26/h16,23-24H,2-14H2,1H3,(H,18,22)(H,25,26). The molecule has 1 fully saturated rings. The van der Waals surface area contributed by atoms with Crippen molar-refractivity contribution >= 4 is 11.9 Å². The molecule has 0 aromatic rings. The van der Waals surface area contributed by atoms with E-state index in [9.17, 15) is 19.8 Å². The van der Waals surface area contributed by atoms with E-state index < -0.39 is 12.3 Å². The summed E-state index contributed by atoms with van der Waals surface area (Å²) < 4.78 is 0. The average Bonchev–Trinajstić information content (AvgIpc) is 2.66. The molecule has 0 atom stereocenters. The number of aliphatic hydroxyl groups is 2. The minimum Gasteiger partial charge on any atom is -0.480 e. The minimum atomic E-state index is -1.39. The summed E-state index contributed by atoms with van der Waals surface area (Å²) in [6, 6.07) is 0. The Labute approximate surface area is 155 Å². The summed E-state index contributed by atoms with van der Waals surface area (Å²) in [4.78, 5) is 28.4. The molecule has 152 valence electrons. The van der Waals surface area contributed by atoms with Crippen molar-refractivity contribution in [1.29, 1.82) is 0 Å². The second-order valence-electron chi connectivity index (χ2n) is 6.70. The van der Waals surface area contributed by atoms with Crippen molar-refractivity contribution in [3.05, 3.63) is 0 Å². The number of amides is 1. The largest absolute Gasteiger partial charge is 0.480 e. The van der Waals surface area contributed by atoms with E-state index in [1.807, 2.05) is 16.7 Å². The number of aliphatic carboxylic acids is 1. The van der Waals surface area contributed by atoms with Gasteiger partial charge in [0.2, 0.25) is 5.91 Å². The molecule has 0 aromatic carbocycles. The van der Waals surface area contributed by atoms with Crippen LogP contribution in [0.1, 0.15) is 26.2 Å². The van der Waals surface area contributed by atoms with Gasteiger partial charge in [-0.1, -0.05) is 6.92 Å². The lowest BCUT2D eigenvalue weighted by molar-refractivity contribution is -0.138. The summed E-state index contributed by atoms with van der Waals surface area (Å²) in [5.41, 5.74) is 0. The van der Waals surface area contributed by atoms with Crippen molar-refractivity contribution < 1.29 is 24.9 Å². The van der Waals surface area contributed by atoms with Gasteiger partial charge >= 0.3 is 5.97 Å². The van der Waals surface area contributed by atoms with Crippen molar-refractivity contribution in [2.45, 2.75) is 32.5 Å². The van der Waals surface area contributed by atoms with E-state index in [0.29, 0.717) is 39.1 Å². The summed E-state index contributed by atoms with van der Waals surface area (Å²) in [5, 5.41) is 30.4. The fraction of sp³-hybridized carbons (Fsp3) is 0.882. The Hall–Kier alpha value is -1.26. The lowest BCUT2D eigenvalue weighted by Gasteiger charge is -2.26. The highest BCUT2D eigenvalue weighted by Crippen LogP contribution is 2.03. The summed E-state index contributed by atoms with van der Waals surface area (Å²) in [7, 11) is 0. The molecule has 1 aliphatic heterocycles. The Balaban J connectivity index is 2.47. The van der Waals surface area contributed by atoms with Crippen LogP contribution in [0.15, 0.2) is 0 Å². The third kappa shape index (κ3) is 10.7. The maximum absolute atomic E-state index is 11.2. The van der Waals surface area contributed by atoms with E-state index in [1.165, 1.54) is 0 Å². The average molecular weight is 374 g/mol. The molecule has 1 amide bonds. The molecule has 26 heavy (non-hydrogen) atoms. The highest BCUT2D eigenvalue weighted by molar-refractivity contribution is 5.75. The molecule has 4 N–H and O–H groups in total. The Bertz CT molecular complexity index is 422. The first-order valence-corrected chi connectivity index (χ1v) is 9.42. The fourth-order valence-corrected chi connectivity index (χ4v) is 2.98. The Morgan fingerprint density at radius 3 is 2.08 bits per heavy atom. The van der Waals surface area contributed by atoms with Crippen LogP contribution in [0.2, 0.25) is 0 Å². The molecule has 0 spiro atoms. The second kappa shape index (κ2) is 13.0. The van der Waals surface area contributed by atoms with Gasteiger partial charge < -0.3 is 25.5 Å². The number of unbranched alkanes of at least 4 members (excludes halogenated alkanes) is 1. The van der Waals surface area contributed by atoms with Crippen molar-refractivity contribution in [3.63, 3.8) is 0 Å². The molecule has 1 heterocycles. The van der Waals surface area contributed by atoms with Gasteiger partial charge in [-0.05, 0) is 19.4 Å². The van der Waals surface area contributed by atoms with Gasteiger partial charge in [-0.15, -0.1) is 0 Å². The second-order valence-corrected chi connectivity index (χ2v) is 6.70. The van der Waals surface area contributed by atoms with Crippen molar-refractivity contribution in [1.82, 2.24) is 20.0 Å². The van der Waals surface area contributed by atoms with E-state index in [2.05, 4.69) is 10.2 Å². The molecular weight excluding hydrogens is 340 g/mol. The smallest absolute Gasteiger partial charge is 0.317 e. The minimum absolute atomic E-state index is 0.00753. The number of carboxylic acid groups (broad SMARTS) is 1. The SMILES string of the molecule is CCC(=O)NCCCCN1CCN(CC(=O)O)CCN(CC(O)O)CC1. The van der Waals surface area contributed by atoms with Gasteiger partial charge in [-0.3, -0.25) is 19.4 Å². The quantitative estimate of drug-likeness (QED) is 0.273. The van der Waals surface area contributed by atoms with E-state index >= 15 is 0 Å². The topological polar surface area (TPSA) is 117 Å². The van der Waals surface area contributed by atoms with Gasteiger partial charge in [0, 0.05) is 58.8 Å². The number of rotatable bonds is 10. The molecule has 0 aliphatic carbocycles. The van der Waals surface area contributed by atoms with Crippen molar-refractivity contribution in [3.8, 4) is 0 Å². The van der Waals surface area contributed by atoms with Gasteiger partial charge in [-0.25, -0.2) is 0 Å². The Kier molecular flexibility index (Phi) is 11.4. The number of hydrogen-bond donors (Lipinski definition) is 4. The van der Waals surface area contributed by atoms with Gasteiger partial charge in [0.1, 0.15) is 0 Å². The van der Waals surface area contributed by atoms with Crippen molar-refractivity contribution in [2.24, 2.45) is 0 Å². The maximum atomic E-state index is 11.2. The van der Waals surface area contributed by atoms with Crippen molar-refractivity contribution in [2.75, 3.05) is 65.4 Å². The molecule has 0 saturated carbocycles. The van der Waals surface area contributed by atoms with Gasteiger partial charge in [0.25, 0.3) is 0 Å². The van der Waals surface area contributed by atoms with Gasteiger partial charge in [0.05, 0.1) is 6.54 Å². The van der Waals surface area contributed by atoms with Crippen LogP contribution in [0.5, 0.6) is 0 Å². The molecular formula is C17H34N4O5. The van der Waals surface area contributed by atoms with Crippen LogP contribution in [0.3, 0.4) is 0 Å². The summed E-state index contributed by atoms with van der Waals surface area (Å²) in [6.07, 6.45) is 0.961. The first-order chi connectivity index (χ1) is 12.4. The summed E-state index contributed by atoms with van der Waals surface area (Å²) in [5.74, 6) is -0.786. The molecule has 1 aliphatic rings. The number of carboxylic acids is 1. The first-order valence-electron chi connectivity index (χ1n) is 9.42. The van der Waals surface area contributed by atoms with Crippen LogP contribution in [0, 0.1) is 0 Å². The number of carbonyl (C=O) groups excluding carboxylic acids is 1. The molecule has 0 radical (unpaired) electrons. The van der Waals surface area contributed by atoms with Gasteiger partial charge in [0.15, 0.2) is 6.29 Å². The maximum Gasteiger partial charge on any atom is 0.317 e. The van der Waals surface area contributed by atoms with Crippen LogP contribution in [0.4, 0.5) is 0 Å². The highest BCUT2D eigenvalue weighted by atomic mass is 16.5. The predicted octanol–water partition coefficient (Wildman–Crippen LogP) is -1.39. The number of nitrogens with one attached hydrogen (secondary N) is 1. The number of hydrogen-bond acceptors (Lipinski definition) is 7. The van der Waals surface area contributed by atoms with Crippen LogP contribution < -0.4 is 5.32 Å². The molecule has 1 rings (SSSR count). The monoisotopic (exact) mass is 374 g/mol. The lowest BCUT2D eigenvalue weighted by atomic mass is 10.2. The van der Waals surface area contributed by atoms with E-state index in [1.54, 1.807) is 0 Å². The zero-order valence-corrected chi connectivity index (χ0v) is 15.8. The zero-order chi connectivity index (χ0) is 19.4. The number of carbonyl (C=O) groups is 2. The summed E-state index contributed by atoms with van der Waals surface area (Å²) in [6.45, 7) is 7.71. The first kappa shape index (κ1) is 22.8. The Morgan fingerprint density at radius 1 is 0.962 bits per heavy atom. The van der Waals surface area contributed by atoms with E-state index in [0.717, 1.165) is 32.5 Å². The predicted molar refractivity (Wildman–Crippen MR) is 97.7 cm³/mol. The van der Waals surface area contributed by atoms with E-state index in [-0.39, 0.29) is 19.0 Å². The highest BCUT2D eigenvalue weighted by Gasteiger charge is 2.18. The van der Waals surface area contributed by atoms with Crippen LogP contribution in [-0.2, 0) is 9.59 Å². The van der Waals surface area contributed by atoms with Crippen LogP contribution in [0.25, 0.3) is 0 Å². The van der Waals surface area contributed by atoms with E-state index in [4.69, 9.17) is 5.11 Å². The molecule has 1 saturated heterocycles. The summed E-state index contributed by atoms with van der Waals surface area (Å²) >= 11 is 0. The van der Waals surface area contributed by atoms with Crippen LogP contribution in [-0.4, -0.2) is 114 Å². The molecule has 9 nitrogen and oxygen atoms in total. The third-order valence-electron chi connectivity index (χ3n) is 4.52. The lowest BCUT2D eigenvalue weighted by Crippen LogP contribution is -2.41. The van der Waals surface area contributed by atoms with Crippen LogP contribution >= 0.6 is 0 Å². The molecule has 0 aromatic heterocycles. The number of aliphatic hydroxyl groups excluding tert-OH is 1. The third-order valence-corrected chi connectivity index (χ3v) is 4.52. The number of nitrogens with zero attached hydrogens (tertiary/aromatic N) is 3. The molecule has 9 heteroatoms. The zero-order valence-electron chi connectivity index (χ0n) is 15.8. The number of β-amino-alcohol motifs (C(OH)–C–C–N with tert-alkyl or cyclic N) is 2. The van der Waals surface area contributed by atoms with Gasteiger partial charge in [-0.2, -0.15) is 0 Å². The normalized spacial score (nSPS) is 18.3. The molecule has 0 unspecified atom stereocenters. The Morgan fingerprint density at radius 2 is 1.54 bits per heavy atom.